The van der Waals surface area contributed by atoms with E-state index in [4.69, 9.17) is 16.7 Å². The molecule has 30 heavy (non-hydrogen) atoms. The predicted octanol–water partition coefficient (Wildman–Crippen LogP) is 5.31. The van der Waals surface area contributed by atoms with Gasteiger partial charge in [0.15, 0.2) is 5.78 Å². The number of aryl methyl sites for hydroxylation is 1. The average Bonchev–Trinajstić information content (AvgIpc) is 2.72. The Kier molecular flexibility index (Phi) is 7.17. The molecule has 0 aliphatic carbocycles. The molecule has 0 fully saturated rings. The number of aromatic nitrogens is 1. The van der Waals surface area contributed by atoms with Gasteiger partial charge in [0.25, 0.3) is 0 Å². The van der Waals surface area contributed by atoms with Gasteiger partial charge in [0.1, 0.15) is 5.82 Å². The molecular formula is C23H22ClN3O3. The lowest BCUT2D eigenvalue weighted by Crippen LogP contribution is -2.20. The summed E-state index contributed by atoms with van der Waals surface area (Å²) in [5.74, 6) is 0.417. The van der Waals surface area contributed by atoms with Crippen LogP contribution < -0.4 is 10.6 Å². The number of hydrogen-bond acceptors (Lipinski definition) is 4. The van der Waals surface area contributed by atoms with Crippen LogP contribution in [0, 0.1) is 6.92 Å². The van der Waals surface area contributed by atoms with Gasteiger partial charge in [-0.3, -0.25) is 10.1 Å². The fourth-order valence-corrected chi connectivity index (χ4v) is 3.25. The van der Waals surface area contributed by atoms with Gasteiger partial charge in [0, 0.05) is 41.1 Å². The number of ketones is 1. The topological polar surface area (TPSA) is 91.3 Å². The maximum absolute atomic E-state index is 12.2. The number of nitrogens with one attached hydrogen (secondary N) is 2. The van der Waals surface area contributed by atoms with E-state index in [1.54, 1.807) is 30.5 Å². The van der Waals surface area contributed by atoms with Gasteiger partial charge in [-0.1, -0.05) is 35.9 Å². The number of Topliss-reactive ketones (excluding diaryl/α,β-unsaturated/α-hetero) is 1. The van der Waals surface area contributed by atoms with Crippen molar-refractivity contribution in [1.29, 1.82) is 0 Å². The van der Waals surface area contributed by atoms with E-state index in [0.29, 0.717) is 34.9 Å². The van der Waals surface area contributed by atoms with E-state index in [9.17, 15) is 9.59 Å². The van der Waals surface area contributed by atoms with Crippen molar-refractivity contribution < 1.29 is 14.7 Å². The smallest absolute Gasteiger partial charge is 0.324 e. The molecular weight excluding hydrogens is 402 g/mol. The van der Waals surface area contributed by atoms with Gasteiger partial charge in [-0.05, 0) is 54.8 Å². The fraction of sp³-hybridized carbons (Fsp3) is 0.174. The molecule has 0 aliphatic rings. The van der Waals surface area contributed by atoms with Crippen LogP contribution in [-0.2, 0) is 0 Å². The predicted molar refractivity (Wildman–Crippen MR) is 119 cm³/mol. The first-order valence-electron chi connectivity index (χ1n) is 9.50. The number of carbonyl (C=O) groups excluding carboxylic acids is 2. The molecule has 3 rings (SSSR count). The highest BCUT2D eigenvalue weighted by Gasteiger charge is 2.08. The Bertz CT molecular complexity index is 1010. The average molecular weight is 424 g/mol. The maximum Gasteiger partial charge on any atom is 0.324 e. The van der Waals surface area contributed by atoms with Gasteiger partial charge in [-0.25, -0.2) is 9.78 Å². The van der Waals surface area contributed by atoms with Crippen molar-refractivity contribution in [1.82, 2.24) is 4.98 Å². The van der Waals surface area contributed by atoms with Crippen molar-refractivity contribution >= 4 is 34.9 Å². The molecule has 0 unspecified atom stereocenters. The van der Waals surface area contributed by atoms with E-state index in [1.807, 2.05) is 37.3 Å². The summed E-state index contributed by atoms with van der Waals surface area (Å²) in [6, 6.07) is 15.7. The van der Waals surface area contributed by atoms with Gasteiger partial charge in [-0.15, -0.1) is 0 Å². The zero-order valence-electron chi connectivity index (χ0n) is 16.5. The number of rotatable bonds is 7. The Labute approximate surface area is 179 Å². The largest absolute Gasteiger partial charge is 0.396 e. The molecule has 1 aromatic heterocycles. The highest BCUT2D eigenvalue weighted by atomic mass is 35.5. The second-order valence-corrected chi connectivity index (χ2v) is 7.29. The first kappa shape index (κ1) is 21.5. The molecule has 0 atom stereocenters. The number of pyridine rings is 1. The SMILES string of the molecule is Cc1cc(Cl)cc(NC(=O)Nc2ccc(-c3ccc(C(=O)CCCO)cc3)cn2)c1. The number of urea groups is 1. The number of benzene rings is 2. The first-order chi connectivity index (χ1) is 14.4. The molecule has 0 radical (unpaired) electrons. The number of halogens is 1. The van der Waals surface area contributed by atoms with Crippen molar-refractivity contribution in [2.24, 2.45) is 0 Å². The Morgan fingerprint density at radius 1 is 1.00 bits per heavy atom. The number of aliphatic hydroxyl groups is 1. The van der Waals surface area contributed by atoms with Crippen molar-refractivity contribution in [3.63, 3.8) is 0 Å². The minimum absolute atomic E-state index is 0.00658. The van der Waals surface area contributed by atoms with Gasteiger partial charge < -0.3 is 10.4 Å². The van der Waals surface area contributed by atoms with E-state index < -0.39 is 6.03 Å². The van der Waals surface area contributed by atoms with Crippen LogP contribution in [0.4, 0.5) is 16.3 Å². The van der Waals surface area contributed by atoms with Crippen LogP contribution in [0.3, 0.4) is 0 Å². The van der Waals surface area contributed by atoms with Crippen LogP contribution in [-0.4, -0.2) is 28.5 Å². The summed E-state index contributed by atoms with van der Waals surface area (Å²) in [7, 11) is 0. The quantitative estimate of drug-likeness (QED) is 0.449. The summed E-state index contributed by atoms with van der Waals surface area (Å²) in [5.41, 5.74) is 3.93. The van der Waals surface area contributed by atoms with Crippen LogP contribution in [0.1, 0.15) is 28.8 Å². The second kappa shape index (κ2) is 10.0. The maximum atomic E-state index is 12.2. The number of nitrogens with zero attached hydrogens (tertiary/aromatic N) is 1. The third-order valence-corrected chi connectivity index (χ3v) is 4.63. The molecule has 0 saturated heterocycles. The number of anilines is 2. The van der Waals surface area contributed by atoms with Crippen LogP contribution in [0.2, 0.25) is 5.02 Å². The summed E-state index contributed by atoms with van der Waals surface area (Å²) in [4.78, 5) is 28.4. The summed E-state index contributed by atoms with van der Waals surface area (Å²) < 4.78 is 0. The number of aliphatic hydroxyl groups excluding tert-OH is 1. The van der Waals surface area contributed by atoms with E-state index in [2.05, 4.69) is 15.6 Å². The van der Waals surface area contributed by atoms with Crippen LogP contribution in [0.25, 0.3) is 11.1 Å². The normalized spacial score (nSPS) is 10.5. The van der Waals surface area contributed by atoms with Gasteiger partial charge in [0.2, 0.25) is 0 Å². The van der Waals surface area contributed by atoms with E-state index in [-0.39, 0.29) is 12.4 Å². The van der Waals surface area contributed by atoms with Crippen molar-refractivity contribution in [3.8, 4) is 11.1 Å². The molecule has 2 amide bonds. The molecule has 0 bridgehead atoms. The monoisotopic (exact) mass is 423 g/mol. The molecule has 0 spiro atoms. The second-order valence-electron chi connectivity index (χ2n) is 6.86. The van der Waals surface area contributed by atoms with Crippen molar-refractivity contribution in [2.75, 3.05) is 17.2 Å². The number of hydrogen-bond donors (Lipinski definition) is 3. The van der Waals surface area contributed by atoms with Gasteiger partial charge in [0.05, 0.1) is 0 Å². The Morgan fingerprint density at radius 2 is 1.73 bits per heavy atom. The van der Waals surface area contributed by atoms with Crippen molar-refractivity contribution in [2.45, 2.75) is 19.8 Å². The molecule has 3 aromatic rings. The van der Waals surface area contributed by atoms with E-state index >= 15 is 0 Å². The Hall–Kier alpha value is -3.22. The van der Waals surface area contributed by atoms with Crippen LogP contribution in [0.15, 0.2) is 60.8 Å². The number of amides is 2. The molecule has 2 aromatic carbocycles. The molecule has 1 heterocycles. The fourth-order valence-electron chi connectivity index (χ4n) is 2.96. The van der Waals surface area contributed by atoms with Crippen molar-refractivity contribution in [3.05, 3.63) is 76.9 Å². The highest BCUT2D eigenvalue weighted by molar-refractivity contribution is 6.31. The molecule has 6 nitrogen and oxygen atoms in total. The molecule has 0 saturated carbocycles. The molecule has 154 valence electrons. The molecule has 0 aliphatic heterocycles. The molecule has 7 heteroatoms. The van der Waals surface area contributed by atoms with E-state index in [0.717, 1.165) is 16.7 Å². The summed E-state index contributed by atoms with van der Waals surface area (Å²) >= 11 is 6.01. The van der Waals surface area contributed by atoms with Crippen LogP contribution >= 0.6 is 11.6 Å². The summed E-state index contributed by atoms with van der Waals surface area (Å²) in [6.07, 6.45) is 2.44. The lowest BCUT2D eigenvalue weighted by molar-refractivity contribution is 0.0971. The zero-order chi connectivity index (χ0) is 21.5. The standard InChI is InChI=1S/C23H22ClN3O3/c1-15-11-19(24)13-20(12-15)26-23(30)27-22-9-8-18(14-25-22)16-4-6-17(7-5-16)21(29)3-2-10-28/h4-9,11-14,28H,2-3,10H2,1H3,(H2,25,26,27,30). The third-order valence-electron chi connectivity index (χ3n) is 4.41. The van der Waals surface area contributed by atoms with E-state index in [1.165, 1.54) is 0 Å². The summed E-state index contributed by atoms with van der Waals surface area (Å²) in [5, 5.41) is 14.8. The Balaban J connectivity index is 1.61. The van der Waals surface area contributed by atoms with Crippen LogP contribution in [0.5, 0.6) is 0 Å². The molecule has 3 N–H and O–H groups in total. The van der Waals surface area contributed by atoms with Gasteiger partial charge >= 0.3 is 6.03 Å². The zero-order valence-corrected chi connectivity index (χ0v) is 17.2. The minimum atomic E-state index is -0.414. The Morgan fingerprint density at radius 3 is 2.37 bits per heavy atom. The minimum Gasteiger partial charge on any atom is -0.396 e. The lowest BCUT2D eigenvalue weighted by atomic mass is 10.0. The number of carbonyl (C=O) groups is 2. The first-order valence-corrected chi connectivity index (χ1v) is 9.88. The van der Waals surface area contributed by atoms with Gasteiger partial charge in [-0.2, -0.15) is 0 Å². The lowest BCUT2D eigenvalue weighted by Gasteiger charge is -2.09. The third kappa shape index (κ3) is 5.89. The highest BCUT2D eigenvalue weighted by Crippen LogP contribution is 2.22. The summed E-state index contributed by atoms with van der Waals surface area (Å²) in [6.45, 7) is 1.90.